The van der Waals surface area contributed by atoms with E-state index in [0.29, 0.717) is 26.1 Å². The molecule has 0 saturated carbocycles. The summed E-state index contributed by atoms with van der Waals surface area (Å²) >= 11 is 5.51. The maximum absolute atomic E-state index is 13.1. The van der Waals surface area contributed by atoms with Gasteiger partial charge in [-0.05, 0) is 0 Å². The predicted molar refractivity (Wildman–Crippen MR) is 151 cm³/mol. The minimum atomic E-state index is -4.02. The number of carbonyl (C=O) groups is 2. The third-order valence-corrected chi connectivity index (χ3v) is 9.53. The van der Waals surface area contributed by atoms with Crippen LogP contribution in [-0.4, -0.2) is 80.0 Å². The summed E-state index contributed by atoms with van der Waals surface area (Å²) in [5.74, 6) is -1.03. The van der Waals surface area contributed by atoms with Gasteiger partial charge in [0.2, 0.25) is 0 Å². The van der Waals surface area contributed by atoms with E-state index in [1.807, 2.05) is 38.1 Å². The number of carbonyl (C=O) groups excluding carboxylic acids is 2. The second-order valence-corrected chi connectivity index (χ2v) is 12.9. The van der Waals surface area contributed by atoms with Gasteiger partial charge >= 0.3 is 232 Å². The van der Waals surface area contributed by atoms with Crippen molar-refractivity contribution in [3.63, 3.8) is 0 Å². The number of nitrogens with zero attached hydrogens (tertiary/aromatic N) is 3. The summed E-state index contributed by atoms with van der Waals surface area (Å²) in [6.45, 7) is 5.49. The molecule has 200 valence electrons. The fourth-order valence-corrected chi connectivity index (χ4v) is 7.13. The molecule has 0 aromatic heterocycles. The van der Waals surface area contributed by atoms with Gasteiger partial charge in [-0.2, -0.15) is 0 Å². The Morgan fingerprint density at radius 2 is 1.46 bits per heavy atom. The molecule has 0 spiro atoms. The number of allylic oxidation sites excluding steroid dienone is 4. The maximum atomic E-state index is 13.1. The molecule has 0 unspecified atom stereocenters. The predicted octanol–water partition coefficient (Wildman–Crippen LogP) is 2.99. The molecule has 2 aliphatic rings. The minimum absolute atomic E-state index is 0.0166. The zero-order chi connectivity index (χ0) is 27.0. The SMILES string of the molecule is CCCCN1C(=O)C(=C/C=C/C=C2/[Se]c3ccccc3N2CCCS(=O)(=O)O)C(=O)N(CCCC)C1=S. The van der Waals surface area contributed by atoms with Crippen LogP contribution in [0.25, 0.3) is 0 Å². The van der Waals surface area contributed by atoms with E-state index in [1.54, 1.807) is 18.2 Å². The van der Waals surface area contributed by atoms with Crippen LogP contribution in [0.15, 0.2) is 58.7 Å². The van der Waals surface area contributed by atoms with Gasteiger partial charge < -0.3 is 0 Å². The average Bonchev–Trinajstić information content (AvgIpc) is 3.20. The Morgan fingerprint density at radius 1 is 0.892 bits per heavy atom. The molecule has 0 aliphatic carbocycles. The van der Waals surface area contributed by atoms with Crippen molar-refractivity contribution in [2.45, 2.75) is 46.0 Å². The fraction of sp³-hybridized carbons (Fsp3) is 0.423. The van der Waals surface area contributed by atoms with Crippen LogP contribution in [-0.2, 0) is 19.7 Å². The molecular weight excluding hydrogens is 577 g/mol. The van der Waals surface area contributed by atoms with Crippen molar-refractivity contribution in [2.75, 3.05) is 30.3 Å². The molecule has 37 heavy (non-hydrogen) atoms. The van der Waals surface area contributed by atoms with Gasteiger partial charge in [-0.1, -0.05) is 0 Å². The van der Waals surface area contributed by atoms with Crippen molar-refractivity contribution in [1.29, 1.82) is 0 Å². The van der Waals surface area contributed by atoms with Gasteiger partial charge in [0.1, 0.15) is 0 Å². The molecule has 0 atom stereocenters. The number of fused-ring (bicyclic) bond motifs is 1. The second-order valence-electron chi connectivity index (χ2n) is 8.73. The first-order valence-electron chi connectivity index (χ1n) is 12.4. The monoisotopic (exact) mass is 611 g/mol. The first-order valence-corrected chi connectivity index (χ1v) is 16.2. The normalized spacial score (nSPS) is 17.5. The summed E-state index contributed by atoms with van der Waals surface area (Å²) in [6, 6.07) is 7.96. The number of hydrogen-bond acceptors (Lipinski definition) is 6. The van der Waals surface area contributed by atoms with Gasteiger partial charge in [-0.15, -0.1) is 0 Å². The molecule has 2 aliphatic heterocycles. The Hall–Kier alpha value is -2.30. The number of amides is 2. The average molecular weight is 611 g/mol. The molecular formula is C26H33N3O5S2Se. The number of benzene rings is 1. The van der Waals surface area contributed by atoms with Crippen molar-refractivity contribution < 1.29 is 22.6 Å². The van der Waals surface area contributed by atoms with Crippen LogP contribution in [0.3, 0.4) is 0 Å². The van der Waals surface area contributed by atoms with E-state index in [2.05, 4.69) is 11.0 Å². The Bertz CT molecular complexity index is 1190. The Morgan fingerprint density at radius 3 is 2.05 bits per heavy atom. The molecule has 2 amide bonds. The number of anilines is 1. The summed E-state index contributed by atoms with van der Waals surface area (Å²) in [5, 5.41) is 0.284. The quantitative estimate of drug-likeness (QED) is 0.128. The van der Waals surface area contributed by atoms with E-state index in [4.69, 9.17) is 16.8 Å². The molecule has 3 rings (SSSR count). The van der Waals surface area contributed by atoms with Gasteiger partial charge in [0.05, 0.1) is 0 Å². The molecule has 11 heteroatoms. The summed E-state index contributed by atoms with van der Waals surface area (Å²) < 4.78 is 33.6. The van der Waals surface area contributed by atoms with Crippen LogP contribution >= 0.6 is 12.2 Å². The third kappa shape index (κ3) is 7.61. The number of hydrogen-bond donors (Lipinski definition) is 1. The van der Waals surface area contributed by atoms with Gasteiger partial charge in [-0.3, -0.25) is 0 Å². The zero-order valence-corrected chi connectivity index (χ0v) is 24.5. The number of unbranched alkanes of at least 4 members (excludes halogenated alkanes) is 2. The standard InChI is InChI=1S/C26H33N3O5S2Se/c1-3-5-16-28-24(30)20(25(31)29(26(28)35)17-6-4-2)12-7-10-15-23-27(18-11-19-36(32,33)34)21-13-8-9-14-22(21)37-23/h7-10,12-15H,3-6,11,16-19H2,1-2H3,(H,32,33,34)/b10-7+,23-15+. The number of thiocarbonyl (C=S) groups is 1. The summed E-state index contributed by atoms with van der Waals surface area (Å²) in [7, 11) is -4.02. The molecule has 1 N–H and O–H groups in total. The Balaban J connectivity index is 1.81. The van der Waals surface area contributed by atoms with Crippen LogP contribution in [0.1, 0.15) is 46.0 Å². The van der Waals surface area contributed by atoms with Crippen LogP contribution < -0.4 is 9.36 Å². The third-order valence-electron chi connectivity index (χ3n) is 5.92. The molecule has 0 radical (unpaired) electrons. The topological polar surface area (TPSA) is 98.2 Å². The van der Waals surface area contributed by atoms with E-state index in [0.717, 1.165) is 36.0 Å². The number of para-hydroxylation sites is 1. The van der Waals surface area contributed by atoms with Gasteiger partial charge in [0.25, 0.3) is 0 Å². The number of rotatable bonds is 12. The van der Waals surface area contributed by atoms with Gasteiger partial charge in [0.15, 0.2) is 0 Å². The van der Waals surface area contributed by atoms with Crippen molar-refractivity contribution in [3.8, 4) is 0 Å². The fourth-order valence-electron chi connectivity index (χ4n) is 3.97. The molecule has 1 fully saturated rings. The van der Waals surface area contributed by atoms with Crippen LogP contribution in [0.5, 0.6) is 0 Å². The van der Waals surface area contributed by atoms with Crippen molar-refractivity contribution in [2.24, 2.45) is 0 Å². The van der Waals surface area contributed by atoms with E-state index in [-0.39, 0.29) is 43.2 Å². The first kappa shape index (κ1) is 29.3. The molecule has 2 heterocycles. The second kappa shape index (κ2) is 13.5. The van der Waals surface area contributed by atoms with E-state index in [9.17, 15) is 18.0 Å². The Labute approximate surface area is 231 Å². The summed E-state index contributed by atoms with van der Waals surface area (Å²) in [6.07, 6.45) is 10.7. The molecule has 8 nitrogen and oxygen atoms in total. The Kier molecular flexibility index (Phi) is 10.7. The first-order chi connectivity index (χ1) is 17.7. The van der Waals surface area contributed by atoms with Crippen molar-refractivity contribution >= 4 is 64.4 Å². The molecule has 0 bridgehead atoms. The van der Waals surface area contributed by atoms with Crippen molar-refractivity contribution in [1.82, 2.24) is 9.80 Å². The molecule has 1 aromatic carbocycles. The van der Waals surface area contributed by atoms with E-state index < -0.39 is 10.1 Å². The van der Waals surface area contributed by atoms with Crippen LogP contribution in [0, 0.1) is 0 Å². The van der Waals surface area contributed by atoms with E-state index >= 15 is 0 Å². The van der Waals surface area contributed by atoms with Gasteiger partial charge in [-0.25, -0.2) is 0 Å². The molecule has 1 aromatic rings. The summed E-state index contributed by atoms with van der Waals surface area (Å²) in [5.41, 5.74) is 1.13. The van der Waals surface area contributed by atoms with Crippen LogP contribution in [0.2, 0.25) is 0 Å². The van der Waals surface area contributed by atoms with Crippen LogP contribution in [0.4, 0.5) is 5.69 Å². The van der Waals surface area contributed by atoms with Gasteiger partial charge in [0, 0.05) is 0 Å². The zero-order valence-electron chi connectivity index (χ0n) is 21.1. The van der Waals surface area contributed by atoms with Crippen molar-refractivity contribution in [3.05, 3.63) is 58.7 Å². The van der Waals surface area contributed by atoms with E-state index in [1.165, 1.54) is 14.3 Å². The summed E-state index contributed by atoms with van der Waals surface area (Å²) in [4.78, 5) is 31.4. The molecule has 1 saturated heterocycles.